The van der Waals surface area contributed by atoms with Gasteiger partial charge in [0.25, 0.3) is 0 Å². The maximum absolute atomic E-state index is 2.29. The van der Waals surface area contributed by atoms with Crippen molar-refractivity contribution in [1.29, 1.82) is 0 Å². The van der Waals surface area contributed by atoms with Crippen LogP contribution in [0.25, 0.3) is 33.4 Å². The molecule has 0 unspecified atom stereocenters. The SMILES string of the molecule is CC(C)(C)c1ccc(-c2cccc(-c3cccc(-c4ccccc4)c3)c2)cc1. The molecule has 0 saturated carbocycles. The Labute approximate surface area is 168 Å². The molecule has 0 aliphatic rings. The molecule has 0 heteroatoms. The minimum absolute atomic E-state index is 0.179. The van der Waals surface area contributed by atoms with Gasteiger partial charge in [-0.25, -0.2) is 0 Å². The molecular weight excluding hydrogens is 336 g/mol. The van der Waals surface area contributed by atoms with Crippen molar-refractivity contribution in [3.63, 3.8) is 0 Å². The van der Waals surface area contributed by atoms with E-state index in [-0.39, 0.29) is 5.41 Å². The molecular formula is C28H26. The number of hydrogen-bond acceptors (Lipinski definition) is 0. The summed E-state index contributed by atoms with van der Waals surface area (Å²) in [6.07, 6.45) is 0. The summed E-state index contributed by atoms with van der Waals surface area (Å²) in [5.74, 6) is 0. The normalized spacial score (nSPS) is 11.4. The first-order valence-electron chi connectivity index (χ1n) is 9.87. The minimum Gasteiger partial charge on any atom is -0.0622 e. The number of rotatable bonds is 3. The number of benzene rings is 4. The lowest BCUT2D eigenvalue weighted by atomic mass is 9.86. The van der Waals surface area contributed by atoms with Crippen molar-refractivity contribution in [1.82, 2.24) is 0 Å². The fourth-order valence-corrected chi connectivity index (χ4v) is 3.55. The van der Waals surface area contributed by atoms with Gasteiger partial charge in [-0.2, -0.15) is 0 Å². The molecule has 0 aromatic heterocycles. The fourth-order valence-electron chi connectivity index (χ4n) is 3.55. The smallest absolute Gasteiger partial charge is 0.0132 e. The summed E-state index contributed by atoms with van der Waals surface area (Å²) in [7, 11) is 0. The molecule has 0 heterocycles. The molecule has 0 spiro atoms. The van der Waals surface area contributed by atoms with Crippen LogP contribution >= 0.6 is 0 Å². The summed E-state index contributed by atoms with van der Waals surface area (Å²) < 4.78 is 0. The highest BCUT2D eigenvalue weighted by molar-refractivity contribution is 5.77. The quantitative estimate of drug-likeness (QED) is 0.346. The Hall–Kier alpha value is -3.12. The molecule has 4 aromatic carbocycles. The molecule has 0 N–H and O–H groups in total. The summed E-state index contributed by atoms with van der Waals surface area (Å²) in [4.78, 5) is 0. The minimum atomic E-state index is 0.179. The molecule has 4 aromatic rings. The summed E-state index contributed by atoms with van der Waals surface area (Å²) in [6.45, 7) is 6.76. The summed E-state index contributed by atoms with van der Waals surface area (Å²) >= 11 is 0. The lowest BCUT2D eigenvalue weighted by Crippen LogP contribution is -2.10. The van der Waals surface area contributed by atoms with Gasteiger partial charge in [0.05, 0.1) is 0 Å². The predicted octanol–water partition coefficient (Wildman–Crippen LogP) is 7.99. The molecule has 28 heavy (non-hydrogen) atoms. The van der Waals surface area contributed by atoms with Crippen LogP contribution in [0.3, 0.4) is 0 Å². The van der Waals surface area contributed by atoms with Crippen molar-refractivity contribution in [3.8, 4) is 33.4 Å². The van der Waals surface area contributed by atoms with Crippen LogP contribution in [0, 0.1) is 0 Å². The zero-order valence-corrected chi connectivity index (χ0v) is 16.8. The van der Waals surface area contributed by atoms with Gasteiger partial charge in [-0.05, 0) is 56.5 Å². The molecule has 0 amide bonds. The van der Waals surface area contributed by atoms with Crippen LogP contribution in [-0.4, -0.2) is 0 Å². The molecule has 0 aliphatic heterocycles. The number of hydrogen-bond donors (Lipinski definition) is 0. The van der Waals surface area contributed by atoms with Crippen LogP contribution in [0.5, 0.6) is 0 Å². The highest BCUT2D eigenvalue weighted by Crippen LogP contribution is 2.31. The standard InChI is InChI=1S/C28H26/c1-28(2,3)27-17-15-22(16-18-27)24-12-8-14-26(20-24)25-13-7-11-23(19-25)21-9-5-4-6-10-21/h4-20H,1-3H3. The first-order valence-corrected chi connectivity index (χ1v) is 9.87. The van der Waals surface area contributed by atoms with Crippen molar-refractivity contribution < 1.29 is 0 Å². The first-order chi connectivity index (χ1) is 13.5. The van der Waals surface area contributed by atoms with E-state index >= 15 is 0 Å². The molecule has 0 radical (unpaired) electrons. The van der Waals surface area contributed by atoms with E-state index in [2.05, 4.69) is 124 Å². The van der Waals surface area contributed by atoms with Crippen molar-refractivity contribution in [2.75, 3.05) is 0 Å². The lowest BCUT2D eigenvalue weighted by Gasteiger charge is -2.19. The van der Waals surface area contributed by atoms with Crippen LogP contribution in [0.4, 0.5) is 0 Å². The van der Waals surface area contributed by atoms with Crippen molar-refractivity contribution in [2.24, 2.45) is 0 Å². The van der Waals surface area contributed by atoms with Gasteiger partial charge in [0.15, 0.2) is 0 Å². The van der Waals surface area contributed by atoms with Crippen molar-refractivity contribution in [2.45, 2.75) is 26.2 Å². The van der Waals surface area contributed by atoms with Gasteiger partial charge in [0.1, 0.15) is 0 Å². The topological polar surface area (TPSA) is 0 Å². The third-order valence-corrected chi connectivity index (χ3v) is 5.25. The Balaban J connectivity index is 1.68. The predicted molar refractivity (Wildman–Crippen MR) is 121 cm³/mol. The van der Waals surface area contributed by atoms with E-state index < -0.39 is 0 Å². The highest BCUT2D eigenvalue weighted by atomic mass is 14.2. The Morgan fingerprint density at radius 2 is 0.786 bits per heavy atom. The van der Waals surface area contributed by atoms with E-state index in [1.165, 1.54) is 38.9 Å². The molecule has 0 saturated heterocycles. The molecule has 0 fully saturated rings. The monoisotopic (exact) mass is 362 g/mol. The second kappa shape index (κ2) is 7.48. The van der Waals surface area contributed by atoms with E-state index in [9.17, 15) is 0 Å². The lowest BCUT2D eigenvalue weighted by molar-refractivity contribution is 0.590. The van der Waals surface area contributed by atoms with Gasteiger partial charge < -0.3 is 0 Å². The summed E-state index contributed by atoms with van der Waals surface area (Å²) in [5.41, 5.74) is 9.04. The zero-order chi connectivity index (χ0) is 19.6. The van der Waals surface area contributed by atoms with Crippen molar-refractivity contribution >= 4 is 0 Å². The van der Waals surface area contributed by atoms with Gasteiger partial charge >= 0.3 is 0 Å². The third kappa shape index (κ3) is 3.92. The average molecular weight is 363 g/mol. The summed E-state index contributed by atoms with van der Waals surface area (Å²) in [5, 5.41) is 0. The van der Waals surface area contributed by atoms with Gasteiger partial charge in [-0.3, -0.25) is 0 Å². The largest absolute Gasteiger partial charge is 0.0622 e. The Morgan fingerprint density at radius 3 is 1.25 bits per heavy atom. The zero-order valence-electron chi connectivity index (χ0n) is 16.8. The van der Waals surface area contributed by atoms with Gasteiger partial charge in [-0.1, -0.05) is 112 Å². The van der Waals surface area contributed by atoms with E-state index in [0.29, 0.717) is 0 Å². The summed E-state index contributed by atoms with van der Waals surface area (Å²) in [6, 6.07) is 37.1. The highest BCUT2D eigenvalue weighted by Gasteiger charge is 2.13. The van der Waals surface area contributed by atoms with Crippen LogP contribution in [-0.2, 0) is 5.41 Å². The average Bonchev–Trinajstić information content (AvgIpc) is 2.74. The van der Waals surface area contributed by atoms with E-state index in [0.717, 1.165) is 0 Å². The maximum Gasteiger partial charge on any atom is -0.0132 e. The van der Waals surface area contributed by atoms with E-state index in [4.69, 9.17) is 0 Å². The molecule has 4 rings (SSSR count). The fraction of sp³-hybridized carbons (Fsp3) is 0.143. The second-order valence-electron chi connectivity index (χ2n) is 8.35. The molecule has 0 bridgehead atoms. The van der Waals surface area contributed by atoms with Crippen LogP contribution < -0.4 is 0 Å². The van der Waals surface area contributed by atoms with Crippen LogP contribution in [0.1, 0.15) is 26.3 Å². The third-order valence-electron chi connectivity index (χ3n) is 5.25. The van der Waals surface area contributed by atoms with Gasteiger partial charge in [-0.15, -0.1) is 0 Å². The first kappa shape index (κ1) is 18.3. The molecule has 138 valence electrons. The van der Waals surface area contributed by atoms with E-state index in [1.807, 2.05) is 0 Å². The molecule has 0 aliphatic carbocycles. The van der Waals surface area contributed by atoms with Crippen LogP contribution in [0.15, 0.2) is 103 Å². The molecule has 0 atom stereocenters. The Bertz CT molecular complexity index is 1060. The van der Waals surface area contributed by atoms with Gasteiger partial charge in [0, 0.05) is 0 Å². The van der Waals surface area contributed by atoms with Crippen LogP contribution in [0.2, 0.25) is 0 Å². The van der Waals surface area contributed by atoms with E-state index in [1.54, 1.807) is 0 Å². The maximum atomic E-state index is 2.29. The molecule has 0 nitrogen and oxygen atoms in total. The van der Waals surface area contributed by atoms with Gasteiger partial charge in [0.2, 0.25) is 0 Å². The van der Waals surface area contributed by atoms with Crippen molar-refractivity contribution in [3.05, 3.63) is 109 Å². The second-order valence-corrected chi connectivity index (χ2v) is 8.35. The Kier molecular flexibility index (Phi) is 4.88. The Morgan fingerprint density at radius 1 is 0.393 bits per heavy atom.